The minimum atomic E-state index is -0.268. The highest BCUT2D eigenvalue weighted by molar-refractivity contribution is 6.42. The molecule has 0 radical (unpaired) electrons. The summed E-state index contributed by atoms with van der Waals surface area (Å²) in [4.78, 5) is 4.70. The predicted molar refractivity (Wildman–Crippen MR) is 102 cm³/mol. The highest BCUT2D eigenvalue weighted by Crippen LogP contribution is 2.32. The molecule has 3 rings (SSSR count). The topological polar surface area (TPSA) is 43.8 Å². The van der Waals surface area contributed by atoms with Crippen molar-refractivity contribution in [2.75, 3.05) is 0 Å². The van der Waals surface area contributed by atoms with Crippen molar-refractivity contribution >= 4 is 34.2 Å². The molecule has 2 aromatic carbocycles. The maximum Gasteiger partial charge on any atom is 0.127 e. The first-order chi connectivity index (χ1) is 11.9. The van der Waals surface area contributed by atoms with Gasteiger partial charge in [0.05, 0.1) is 27.1 Å². The van der Waals surface area contributed by atoms with E-state index >= 15 is 0 Å². The summed E-state index contributed by atoms with van der Waals surface area (Å²) in [6.07, 6.45) is 0.936. The summed E-state index contributed by atoms with van der Waals surface area (Å²) in [5.74, 6) is 0.747. The molecule has 1 aromatic heterocycles. The van der Waals surface area contributed by atoms with Crippen LogP contribution in [0, 0.1) is 11.7 Å². The molecule has 0 amide bonds. The second-order valence-corrected chi connectivity index (χ2v) is 7.17. The molecule has 0 spiro atoms. The lowest BCUT2D eigenvalue weighted by Crippen LogP contribution is -2.23. The van der Waals surface area contributed by atoms with Crippen molar-refractivity contribution in [3.05, 3.63) is 63.6 Å². The summed E-state index contributed by atoms with van der Waals surface area (Å²) in [6, 6.07) is 9.82. The largest absolute Gasteiger partial charge is 0.322 e. The van der Waals surface area contributed by atoms with Crippen molar-refractivity contribution in [3.63, 3.8) is 0 Å². The number of halogens is 3. The normalized spacial score (nSPS) is 14.0. The van der Waals surface area contributed by atoms with Gasteiger partial charge < -0.3 is 10.3 Å². The first-order valence-electron chi connectivity index (χ1n) is 8.26. The number of rotatable bonds is 5. The van der Waals surface area contributed by atoms with Gasteiger partial charge in [-0.25, -0.2) is 9.37 Å². The predicted octanol–water partition coefficient (Wildman–Crippen LogP) is 5.58. The van der Waals surface area contributed by atoms with Crippen LogP contribution in [0.25, 0.3) is 11.0 Å². The fraction of sp³-hybridized carbons (Fsp3) is 0.316. The van der Waals surface area contributed by atoms with Gasteiger partial charge >= 0.3 is 0 Å². The molecule has 0 aliphatic rings. The number of benzene rings is 2. The first kappa shape index (κ1) is 18.2. The summed E-state index contributed by atoms with van der Waals surface area (Å²) < 4.78 is 15.6. The van der Waals surface area contributed by atoms with E-state index in [0.717, 1.165) is 28.8 Å². The van der Waals surface area contributed by atoms with E-state index in [4.69, 9.17) is 33.9 Å². The van der Waals surface area contributed by atoms with Crippen LogP contribution in [0.5, 0.6) is 0 Å². The van der Waals surface area contributed by atoms with E-state index in [1.807, 2.05) is 10.6 Å². The van der Waals surface area contributed by atoms with Crippen LogP contribution in [-0.2, 0) is 6.54 Å². The quantitative estimate of drug-likeness (QED) is 0.628. The molecular formula is C19H20Cl2FN3. The van der Waals surface area contributed by atoms with Crippen molar-refractivity contribution in [1.29, 1.82) is 0 Å². The lowest BCUT2D eigenvalue weighted by atomic mass is 9.99. The molecule has 0 aliphatic carbocycles. The SMILES string of the molecule is CC[C@H](C)[C@H](N)c1nc2cc(Cl)c(Cl)cc2n1Cc1cccc(F)c1. The third kappa shape index (κ3) is 3.66. The number of aromatic nitrogens is 2. The van der Waals surface area contributed by atoms with Crippen molar-refractivity contribution < 1.29 is 4.39 Å². The summed E-state index contributed by atoms with van der Waals surface area (Å²) >= 11 is 12.3. The van der Waals surface area contributed by atoms with Crippen LogP contribution in [0.1, 0.15) is 37.7 Å². The third-order valence-corrected chi connectivity index (χ3v) is 5.33. The Morgan fingerprint density at radius 3 is 2.60 bits per heavy atom. The molecule has 25 heavy (non-hydrogen) atoms. The van der Waals surface area contributed by atoms with Crippen LogP contribution >= 0.6 is 23.2 Å². The molecule has 2 N–H and O–H groups in total. The summed E-state index contributed by atoms with van der Waals surface area (Å²) in [5, 5.41) is 0.909. The fourth-order valence-corrected chi connectivity index (χ4v) is 3.20. The summed E-state index contributed by atoms with van der Waals surface area (Å²) in [7, 11) is 0. The molecule has 0 fully saturated rings. The van der Waals surface area contributed by atoms with Gasteiger partial charge in [-0.2, -0.15) is 0 Å². The Labute approximate surface area is 156 Å². The minimum Gasteiger partial charge on any atom is -0.322 e. The second kappa shape index (κ2) is 7.32. The van der Waals surface area contributed by atoms with Gasteiger partial charge in [0.2, 0.25) is 0 Å². The molecule has 0 bridgehead atoms. The zero-order valence-corrected chi connectivity index (χ0v) is 15.7. The average molecular weight is 380 g/mol. The average Bonchev–Trinajstić information content (AvgIpc) is 2.91. The molecule has 0 unspecified atom stereocenters. The van der Waals surface area contributed by atoms with Gasteiger partial charge in [0.1, 0.15) is 11.6 Å². The van der Waals surface area contributed by atoms with Gasteiger partial charge in [0, 0.05) is 6.54 Å². The van der Waals surface area contributed by atoms with Crippen molar-refractivity contribution in [1.82, 2.24) is 9.55 Å². The van der Waals surface area contributed by atoms with Crippen molar-refractivity contribution in [3.8, 4) is 0 Å². The molecule has 3 aromatic rings. The van der Waals surface area contributed by atoms with Crippen molar-refractivity contribution in [2.24, 2.45) is 11.7 Å². The molecule has 0 saturated carbocycles. The molecule has 0 saturated heterocycles. The van der Waals surface area contributed by atoms with Crippen LogP contribution < -0.4 is 5.73 Å². The molecule has 6 heteroatoms. The van der Waals surface area contributed by atoms with Gasteiger partial charge in [0.15, 0.2) is 0 Å². The lowest BCUT2D eigenvalue weighted by molar-refractivity contribution is 0.428. The van der Waals surface area contributed by atoms with E-state index in [1.54, 1.807) is 18.2 Å². The number of fused-ring (bicyclic) bond motifs is 1. The van der Waals surface area contributed by atoms with Gasteiger partial charge in [-0.1, -0.05) is 55.6 Å². The number of nitrogens with zero attached hydrogens (tertiary/aromatic N) is 2. The Kier molecular flexibility index (Phi) is 5.32. The smallest absolute Gasteiger partial charge is 0.127 e. The Morgan fingerprint density at radius 1 is 1.20 bits per heavy atom. The molecular weight excluding hydrogens is 360 g/mol. The van der Waals surface area contributed by atoms with Gasteiger partial charge in [-0.05, 0) is 35.7 Å². The van der Waals surface area contributed by atoms with Crippen LogP contribution in [0.3, 0.4) is 0 Å². The molecule has 0 aliphatic heterocycles. The second-order valence-electron chi connectivity index (χ2n) is 6.35. The highest BCUT2D eigenvalue weighted by Gasteiger charge is 2.22. The Hall–Kier alpha value is -1.62. The highest BCUT2D eigenvalue weighted by atomic mass is 35.5. The zero-order chi connectivity index (χ0) is 18.1. The van der Waals surface area contributed by atoms with Gasteiger partial charge in [-0.15, -0.1) is 0 Å². The van der Waals surface area contributed by atoms with E-state index in [1.165, 1.54) is 12.1 Å². The van der Waals surface area contributed by atoms with Crippen molar-refractivity contribution in [2.45, 2.75) is 32.9 Å². The minimum absolute atomic E-state index is 0.233. The number of nitrogens with two attached hydrogens (primary N) is 1. The third-order valence-electron chi connectivity index (χ3n) is 4.60. The summed E-state index contributed by atoms with van der Waals surface area (Å²) in [6.45, 7) is 4.65. The molecule has 1 heterocycles. The number of hydrogen-bond acceptors (Lipinski definition) is 2. The van der Waals surface area contributed by atoms with E-state index < -0.39 is 0 Å². The van der Waals surface area contributed by atoms with E-state index in [9.17, 15) is 4.39 Å². The maximum atomic E-state index is 13.6. The Morgan fingerprint density at radius 2 is 1.92 bits per heavy atom. The van der Waals surface area contributed by atoms with E-state index in [0.29, 0.717) is 16.6 Å². The maximum absolute atomic E-state index is 13.6. The number of hydrogen-bond donors (Lipinski definition) is 1. The monoisotopic (exact) mass is 379 g/mol. The fourth-order valence-electron chi connectivity index (χ4n) is 2.89. The van der Waals surface area contributed by atoms with Gasteiger partial charge in [-0.3, -0.25) is 0 Å². The Bertz CT molecular complexity index is 907. The van der Waals surface area contributed by atoms with Crippen LogP contribution in [0.15, 0.2) is 36.4 Å². The summed E-state index contributed by atoms with van der Waals surface area (Å²) in [5.41, 5.74) is 8.86. The van der Waals surface area contributed by atoms with E-state index in [-0.39, 0.29) is 17.8 Å². The first-order valence-corrected chi connectivity index (χ1v) is 9.01. The van der Waals surface area contributed by atoms with Crippen LogP contribution in [0.2, 0.25) is 10.0 Å². The molecule has 3 nitrogen and oxygen atoms in total. The lowest BCUT2D eigenvalue weighted by Gasteiger charge is -2.20. The van der Waals surface area contributed by atoms with E-state index in [2.05, 4.69) is 13.8 Å². The molecule has 2 atom stereocenters. The van der Waals surface area contributed by atoms with Gasteiger partial charge in [0.25, 0.3) is 0 Å². The Balaban J connectivity index is 2.16. The standard InChI is InChI=1S/C19H20Cl2FN3/c1-3-11(2)18(23)19-24-16-8-14(20)15(21)9-17(16)25(19)10-12-5-4-6-13(22)7-12/h4-9,11,18H,3,10,23H2,1-2H3/t11-,18-/m0/s1. The van der Waals surface area contributed by atoms with Crippen LogP contribution in [-0.4, -0.2) is 9.55 Å². The molecule has 132 valence electrons. The zero-order valence-electron chi connectivity index (χ0n) is 14.1. The number of imidazole rings is 1. The van der Waals surface area contributed by atoms with Crippen LogP contribution in [0.4, 0.5) is 4.39 Å².